The summed E-state index contributed by atoms with van der Waals surface area (Å²) in [4.78, 5) is 14.2. The molecule has 1 saturated heterocycles. The van der Waals surface area contributed by atoms with E-state index in [-0.39, 0.29) is 10.6 Å². The molecule has 0 bridgehead atoms. The van der Waals surface area contributed by atoms with Gasteiger partial charge in [0.25, 0.3) is 0 Å². The van der Waals surface area contributed by atoms with Crippen molar-refractivity contribution in [3.8, 4) is 0 Å². The van der Waals surface area contributed by atoms with Gasteiger partial charge in [0.2, 0.25) is 0 Å². The minimum absolute atomic E-state index is 0.178. The minimum atomic E-state index is 0.178. The first kappa shape index (κ1) is 15.0. The fourth-order valence-electron chi connectivity index (χ4n) is 1.79. The van der Waals surface area contributed by atoms with Crippen LogP contribution in [0, 0.1) is 5.92 Å². The quantitative estimate of drug-likeness (QED) is 0.697. The number of morpholine rings is 1. The Morgan fingerprint density at radius 1 is 1.47 bits per heavy atom. The van der Waals surface area contributed by atoms with Crippen LogP contribution in [0.25, 0.3) is 0 Å². The molecule has 1 rings (SSSR count). The molecular weight excluding hydrogens is 279 g/mol. The van der Waals surface area contributed by atoms with Crippen molar-refractivity contribution in [1.29, 1.82) is 0 Å². The third-order valence-corrected chi connectivity index (χ3v) is 5.40. The summed E-state index contributed by atoms with van der Waals surface area (Å²) >= 11 is 1.53. The Hall–Kier alpha value is -0.0516. The number of carbonyl (C=O) groups is 1. The number of rotatable bonds is 6. The van der Waals surface area contributed by atoms with E-state index < -0.39 is 0 Å². The van der Waals surface area contributed by atoms with Gasteiger partial charge in [-0.15, -0.1) is 0 Å². The second kappa shape index (κ2) is 8.12. The molecule has 0 aromatic carbocycles. The van der Waals surface area contributed by atoms with Crippen molar-refractivity contribution in [3.05, 3.63) is 0 Å². The van der Waals surface area contributed by atoms with E-state index in [1.807, 2.05) is 0 Å². The van der Waals surface area contributed by atoms with Crippen LogP contribution in [-0.2, 0) is 9.53 Å². The molecule has 1 aliphatic rings. The molecule has 0 aromatic heterocycles. The van der Waals surface area contributed by atoms with E-state index in [0.29, 0.717) is 5.92 Å². The standard InChI is InChI=1S/C12H25AsN2O2/c1-3-10(2)11(13)12(16)14-4-5-15-6-8-17-9-7-15/h10-11H,3-9,13H2,1-2H3,(H,14,16)/t10-,11+/m0/s1. The molecule has 5 heteroatoms. The summed E-state index contributed by atoms with van der Waals surface area (Å²) in [5, 5.41) is 3.04. The molecule has 17 heavy (non-hydrogen) atoms. The monoisotopic (exact) mass is 304 g/mol. The summed E-state index contributed by atoms with van der Waals surface area (Å²) < 4.78 is 5.46. The molecule has 1 amide bonds. The van der Waals surface area contributed by atoms with Gasteiger partial charge in [0.1, 0.15) is 0 Å². The molecule has 4 nitrogen and oxygen atoms in total. The number of hydrogen-bond donors (Lipinski definition) is 1. The first-order chi connectivity index (χ1) is 8.15. The third-order valence-electron chi connectivity index (χ3n) is 3.39. The summed E-state index contributed by atoms with van der Waals surface area (Å²) in [5.74, 6) is 0.700. The molecule has 3 atom stereocenters. The number of hydrogen-bond acceptors (Lipinski definition) is 3. The molecule has 0 aliphatic carbocycles. The van der Waals surface area contributed by atoms with Crippen LogP contribution in [0.1, 0.15) is 20.3 Å². The van der Waals surface area contributed by atoms with Gasteiger partial charge in [-0.2, -0.15) is 0 Å². The predicted molar refractivity (Wildman–Crippen MR) is 72.0 cm³/mol. The normalized spacial score (nSPS) is 20.9. The molecule has 0 saturated carbocycles. The van der Waals surface area contributed by atoms with Crippen molar-refractivity contribution in [1.82, 2.24) is 10.2 Å². The zero-order valence-corrected chi connectivity index (χ0v) is 13.4. The van der Waals surface area contributed by atoms with Crippen LogP contribution in [0.5, 0.6) is 0 Å². The molecule has 1 fully saturated rings. The first-order valence-electron chi connectivity index (χ1n) is 6.48. The third kappa shape index (κ3) is 5.41. The average Bonchev–Trinajstić information content (AvgIpc) is 2.38. The second-order valence-electron chi connectivity index (χ2n) is 4.66. The van der Waals surface area contributed by atoms with Crippen LogP contribution in [0.2, 0.25) is 4.71 Å². The number of ether oxygens (including phenoxy) is 1. The molecule has 1 aliphatic heterocycles. The Balaban J connectivity index is 2.14. The van der Waals surface area contributed by atoms with Gasteiger partial charge < -0.3 is 0 Å². The summed E-state index contributed by atoms with van der Waals surface area (Å²) in [5.41, 5.74) is 0. The van der Waals surface area contributed by atoms with Crippen molar-refractivity contribution >= 4 is 22.8 Å². The second-order valence-corrected chi connectivity index (χ2v) is 6.16. The Bertz CT molecular complexity index is 233. The van der Waals surface area contributed by atoms with Crippen molar-refractivity contribution in [2.75, 3.05) is 39.4 Å². The number of amides is 1. The van der Waals surface area contributed by atoms with Gasteiger partial charge in [-0.25, -0.2) is 0 Å². The van der Waals surface area contributed by atoms with Crippen LogP contribution in [-0.4, -0.2) is 67.1 Å². The summed E-state index contributed by atoms with van der Waals surface area (Å²) in [6.07, 6.45) is 1.07. The van der Waals surface area contributed by atoms with E-state index in [1.165, 1.54) is 16.9 Å². The van der Waals surface area contributed by atoms with Crippen LogP contribution in [0.4, 0.5) is 0 Å². The SMILES string of the molecule is CC[C@H](C)[C@@H]([AsH2])C(=O)NCCN1CCOCC1. The topological polar surface area (TPSA) is 41.6 Å². The molecule has 1 N–H and O–H groups in total. The maximum absolute atomic E-state index is 11.8. The Labute approximate surface area is 113 Å². The molecular formula is C12H25AsN2O2. The van der Waals surface area contributed by atoms with Gasteiger partial charge in [0.15, 0.2) is 0 Å². The zero-order chi connectivity index (χ0) is 12.7. The van der Waals surface area contributed by atoms with E-state index in [1.54, 1.807) is 0 Å². The first-order valence-corrected chi connectivity index (χ1v) is 7.88. The van der Waals surface area contributed by atoms with Crippen molar-refractivity contribution in [2.24, 2.45) is 5.92 Å². The fraction of sp³-hybridized carbons (Fsp3) is 0.917. The van der Waals surface area contributed by atoms with Crippen molar-refractivity contribution in [2.45, 2.75) is 25.0 Å². The van der Waals surface area contributed by atoms with E-state index >= 15 is 0 Å². The van der Waals surface area contributed by atoms with Gasteiger partial charge in [-0.05, 0) is 0 Å². The van der Waals surface area contributed by atoms with Crippen LogP contribution >= 0.6 is 0 Å². The van der Waals surface area contributed by atoms with Crippen LogP contribution in [0.3, 0.4) is 0 Å². The molecule has 1 heterocycles. The summed E-state index contributed by atoms with van der Waals surface area (Å²) in [6, 6.07) is 0. The van der Waals surface area contributed by atoms with E-state index in [9.17, 15) is 4.79 Å². The Morgan fingerprint density at radius 3 is 2.71 bits per heavy atom. The molecule has 100 valence electrons. The number of nitrogens with one attached hydrogen (secondary N) is 1. The maximum atomic E-state index is 11.8. The number of nitrogens with zero attached hydrogens (tertiary/aromatic N) is 1. The Morgan fingerprint density at radius 2 is 2.12 bits per heavy atom. The molecule has 1 unspecified atom stereocenters. The average molecular weight is 304 g/mol. The molecule has 0 spiro atoms. The zero-order valence-electron chi connectivity index (χ0n) is 10.9. The fourth-order valence-corrected chi connectivity index (χ4v) is 2.61. The van der Waals surface area contributed by atoms with Crippen LogP contribution in [0.15, 0.2) is 0 Å². The summed E-state index contributed by atoms with van der Waals surface area (Å²) in [6.45, 7) is 9.60. The van der Waals surface area contributed by atoms with Crippen molar-refractivity contribution < 1.29 is 9.53 Å². The predicted octanol–water partition coefficient (Wildman–Crippen LogP) is -0.0975. The van der Waals surface area contributed by atoms with E-state index in [4.69, 9.17) is 4.74 Å². The van der Waals surface area contributed by atoms with Gasteiger partial charge >= 0.3 is 113 Å². The van der Waals surface area contributed by atoms with Gasteiger partial charge in [-0.1, -0.05) is 0 Å². The molecule has 0 aromatic rings. The molecule has 0 radical (unpaired) electrons. The van der Waals surface area contributed by atoms with Gasteiger partial charge in [-0.3, -0.25) is 0 Å². The Kier molecular flexibility index (Phi) is 7.17. The van der Waals surface area contributed by atoms with Gasteiger partial charge in [0.05, 0.1) is 0 Å². The van der Waals surface area contributed by atoms with Crippen molar-refractivity contribution in [3.63, 3.8) is 0 Å². The van der Waals surface area contributed by atoms with Gasteiger partial charge in [0, 0.05) is 0 Å². The number of carbonyl (C=O) groups excluding carboxylic acids is 1. The van der Waals surface area contributed by atoms with Crippen LogP contribution < -0.4 is 5.32 Å². The summed E-state index contributed by atoms with van der Waals surface area (Å²) in [7, 11) is 0. The van der Waals surface area contributed by atoms with E-state index in [0.717, 1.165) is 45.8 Å². The van der Waals surface area contributed by atoms with E-state index in [2.05, 4.69) is 24.1 Å².